The number of hydrogen-bond acceptors (Lipinski definition) is 4. The van der Waals surface area contributed by atoms with Crippen LogP contribution in [0.5, 0.6) is 0 Å². The maximum absolute atomic E-state index is 13.0. The summed E-state index contributed by atoms with van der Waals surface area (Å²) < 4.78 is 42.4. The van der Waals surface area contributed by atoms with Gasteiger partial charge >= 0.3 is 6.18 Å². The van der Waals surface area contributed by atoms with Crippen LogP contribution < -0.4 is 5.32 Å². The number of carbonyl (C=O) groups excluding carboxylic acids is 1. The van der Waals surface area contributed by atoms with Gasteiger partial charge in [-0.25, -0.2) is 4.52 Å². The second-order valence-corrected chi connectivity index (χ2v) is 7.40. The van der Waals surface area contributed by atoms with Crippen LogP contribution in [0, 0.1) is 0 Å². The summed E-state index contributed by atoms with van der Waals surface area (Å²) in [4.78, 5) is 16.2. The minimum absolute atomic E-state index is 0.241. The summed E-state index contributed by atoms with van der Waals surface area (Å²) in [7, 11) is 0. The van der Waals surface area contributed by atoms with Crippen molar-refractivity contribution in [1.29, 1.82) is 0 Å². The standard InChI is InChI=1S/C21H17F3N6O/c22-21(23,24)19-10-13(5-7-25-19)17-11-18-16(4-2-8-29(18)28-17)27-20(31)14-9-15-3-1-6-26-30(15)12-14/h1,3,5-7,9-12,16H,2,4,8H2,(H,27,31). The summed E-state index contributed by atoms with van der Waals surface area (Å²) in [5.74, 6) is -0.241. The lowest BCUT2D eigenvalue weighted by Crippen LogP contribution is -2.32. The molecular formula is C21H17F3N6O. The zero-order chi connectivity index (χ0) is 21.6. The molecule has 0 saturated heterocycles. The van der Waals surface area contributed by atoms with Crippen LogP contribution in [-0.2, 0) is 12.7 Å². The minimum Gasteiger partial charge on any atom is -0.344 e. The van der Waals surface area contributed by atoms with Crippen molar-refractivity contribution >= 4 is 11.4 Å². The van der Waals surface area contributed by atoms with Gasteiger partial charge in [0.15, 0.2) is 0 Å². The van der Waals surface area contributed by atoms with Gasteiger partial charge < -0.3 is 5.32 Å². The van der Waals surface area contributed by atoms with Crippen molar-refractivity contribution in [2.75, 3.05) is 0 Å². The van der Waals surface area contributed by atoms with Crippen molar-refractivity contribution in [3.05, 3.63) is 71.9 Å². The number of nitrogens with zero attached hydrogens (tertiary/aromatic N) is 5. The van der Waals surface area contributed by atoms with Crippen LogP contribution in [0.3, 0.4) is 0 Å². The quantitative estimate of drug-likeness (QED) is 0.540. The van der Waals surface area contributed by atoms with E-state index in [-0.39, 0.29) is 11.9 Å². The fourth-order valence-corrected chi connectivity index (χ4v) is 3.83. The van der Waals surface area contributed by atoms with Crippen LogP contribution in [0.25, 0.3) is 16.8 Å². The van der Waals surface area contributed by atoms with E-state index in [0.29, 0.717) is 29.8 Å². The fraction of sp³-hybridized carbons (Fsp3) is 0.238. The number of hydrogen-bond donors (Lipinski definition) is 1. The first-order chi connectivity index (χ1) is 14.9. The number of alkyl halides is 3. The zero-order valence-corrected chi connectivity index (χ0v) is 16.2. The van der Waals surface area contributed by atoms with E-state index in [4.69, 9.17) is 0 Å². The molecule has 0 saturated carbocycles. The van der Waals surface area contributed by atoms with E-state index in [1.807, 2.05) is 6.07 Å². The Morgan fingerprint density at radius 2 is 2.03 bits per heavy atom. The van der Waals surface area contributed by atoms with Crippen LogP contribution in [0.2, 0.25) is 0 Å². The number of aromatic nitrogens is 5. The summed E-state index contributed by atoms with van der Waals surface area (Å²) in [6, 6.07) is 9.33. The van der Waals surface area contributed by atoms with Crippen molar-refractivity contribution < 1.29 is 18.0 Å². The van der Waals surface area contributed by atoms with Gasteiger partial charge in [0, 0.05) is 30.7 Å². The third-order valence-corrected chi connectivity index (χ3v) is 5.32. The monoisotopic (exact) mass is 426 g/mol. The molecule has 4 aromatic heterocycles. The van der Waals surface area contributed by atoms with Crippen LogP contribution in [0.15, 0.2) is 55.0 Å². The van der Waals surface area contributed by atoms with Crippen molar-refractivity contribution in [2.45, 2.75) is 31.6 Å². The average molecular weight is 426 g/mol. The number of pyridine rings is 1. The van der Waals surface area contributed by atoms with Crippen molar-refractivity contribution in [1.82, 2.24) is 29.7 Å². The lowest BCUT2D eigenvalue weighted by atomic mass is 10.0. The first-order valence-electron chi connectivity index (χ1n) is 9.74. The predicted octanol–water partition coefficient (Wildman–Crippen LogP) is 3.88. The van der Waals surface area contributed by atoms with Crippen molar-refractivity contribution in [2.24, 2.45) is 0 Å². The Balaban J connectivity index is 1.42. The molecule has 31 heavy (non-hydrogen) atoms. The topological polar surface area (TPSA) is 77.1 Å². The Morgan fingerprint density at radius 3 is 2.84 bits per heavy atom. The Hall–Kier alpha value is -3.69. The minimum atomic E-state index is -4.53. The zero-order valence-electron chi connectivity index (χ0n) is 16.2. The van der Waals surface area contributed by atoms with E-state index in [0.717, 1.165) is 29.9 Å². The molecule has 1 aliphatic heterocycles. The number of amides is 1. The van der Waals surface area contributed by atoms with Crippen LogP contribution in [0.1, 0.15) is 40.6 Å². The van der Waals surface area contributed by atoms with E-state index in [9.17, 15) is 18.0 Å². The number of nitrogens with one attached hydrogen (secondary N) is 1. The molecule has 7 nitrogen and oxygen atoms in total. The van der Waals surface area contributed by atoms with Crippen LogP contribution in [-0.4, -0.2) is 30.3 Å². The third-order valence-electron chi connectivity index (χ3n) is 5.32. The molecule has 5 rings (SSSR count). The van der Waals surface area contributed by atoms with E-state index in [2.05, 4.69) is 20.5 Å². The molecule has 158 valence electrons. The molecule has 5 heterocycles. The smallest absolute Gasteiger partial charge is 0.344 e. The second kappa shape index (κ2) is 7.22. The van der Waals surface area contributed by atoms with E-state index in [1.165, 1.54) is 6.07 Å². The Bertz CT molecular complexity index is 1240. The number of carbonyl (C=O) groups is 1. The summed E-state index contributed by atoms with van der Waals surface area (Å²) in [6.07, 6.45) is 1.41. The summed E-state index contributed by atoms with van der Waals surface area (Å²) >= 11 is 0. The average Bonchev–Trinajstić information content (AvgIpc) is 3.38. The maximum Gasteiger partial charge on any atom is 0.433 e. The number of halogens is 3. The largest absolute Gasteiger partial charge is 0.433 e. The van der Waals surface area contributed by atoms with E-state index < -0.39 is 11.9 Å². The first-order valence-corrected chi connectivity index (χ1v) is 9.74. The number of fused-ring (bicyclic) bond motifs is 2. The molecule has 0 bridgehead atoms. The molecule has 0 radical (unpaired) electrons. The third kappa shape index (κ3) is 3.65. The second-order valence-electron chi connectivity index (χ2n) is 7.40. The van der Waals surface area contributed by atoms with Gasteiger partial charge in [-0.15, -0.1) is 0 Å². The van der Waals surface area contributed by atoms with Crippen LogP contribution >= 0.6 is 0 Å². The molecule has 1 aliphatic rings. The molecular weight excluding hydrogens is 409 g/mol. The molecule has 10 heteroatoms. The lowest BCUT2D eigenvalue weighted by molar-refractivity contribution is -0.141. The highest BCUT2D eigenvalue weighted by molar-refractivity contribution is 5.95. The van der Waals surface area contributed by atoms with Crippen molar-refractivity contribution in [3.8, 4) is 11.3 Å². The number of aryl methyl sites for hydroxylation is 1. The Morgan fingerprint density at radius 1 is 1.16 bits per heavy atom. The SMILES string of the molecule is O=C(NC1CCCn2nc(-c3ccnc(C(F)(F)F)c3)cc21)c1cc2cccnn2c1. The van der Waals surface area contributed by atoms with Gasteiger partial charge in [0.25, 0.3) is 5.91 Å². The lowest BCUT2D eigenvalue weighted by Gasteiger charge is -2.24. The molecule has 0 aliphatic carbocycles. The first kappa shape index (κ1) is 19.3. The maximum atomic E-state index is 13.0. The molecule has 0 spiro atoms. The molecule has 0 fully saturated rings. The molecule has 0 aromatic carbocycles. The van der Waals surface area contributed by atoms with Gasteiger partial charge in [-0.05, 0) is 49.2 Å². The van der Waals surface area contributed by atoms with E-state index >= 15 is 0 Å². The Labute approximate surface area is 174 Å². The predicted molar refractivity (Wildman–Crippen MR) is 105 cm³/mol. The summed E-state index contributed by atoms with van der Waals surface area (Å²) in [6.45, 7) is 0.638. The molecule has 1 amide bonds. The highest BCUT2D eigenvalue weighted by atomic mass is 19.4. The van der Waals surface area contributed by atoms with Gasteiger partial charge in [0.2, 0.25) is 0 Å². The highest BCUT2D eigenvalue weighted by Crippen LogP contribution is 2.32. The summed E-state index contributed by atoms with van der Waals surface area (Å²) in [5, 5.41) is 11.7. The number of rotatable bonds is 3. The summed E-state index contributed by atoms with van der Waals surface area (Å²) in [5.41, 5.74) is 1.85. The van der Waals surface area contributed by atoms with Gasteiger partial charge in [-0.2, -0.15) is 23.4 Å². The molecule has 4 aromatic rings. The van der Waals surface area contributed by atoms with Crippen LogP contribution in [0.4, 0.5) is 13.2 Å². The molecule has 1 N–H and O–H groups in total. The van der Waals surface area contributed by atoms with Gasteiger partial charge in [0.05, 0.1) is 28.5 Å². The van der Waals surface area contributed by atoms with Gasteiger partial charge in [-0.3, -0.25) is 14.5 Å². The molecule has 1 unspecified atom stereocenters. The van der Waals surface area contributed by atoms with Crippen molar-refractivity contribution in [3.63, 3.8) is 0 Å². The van der Waals surface area contributed by atoms with E-state index in [1.54, 1.807) is 39.8 Å². The molecule has 1 atom stereocenters. The fourth-order valence-electron chi connectivity index (χ4n) is 3.83. The van der Waals surface area contributed by atoms with Gasteiger partial charge in [0.1, 0.15) is 5.69 Å². The Kier molecular flexibility index (Phi) is 4.49. The highest BCUT2D eigenvalue weighted by Gasteiger charge is 2.33. The van der Waals surface area contributed by atoms with Gasteiger partial charge in [-0.1, -0.05) is 0 Å². The normalized spacial score (nSPS) is 16.3.